The van der Waals surface area contributed by atoms with Crippen LogP contribution in [0.15, 0.2) is 23.9 Å². The van der Waals surface area contributed by atoms with Gasteiger partial charge < -0.3 is 5.32 Å². The van der Waals surface area contributed by atoms with Crippen LogP contribution in [-0.2, 0) is 0 Å². The van der Waals surface area contributed by atoms with Crippen molar-refractivity contribution in [2.75, 3.05) is 12.8 Å². The second-order valence-electron chi connectivity index (χ2n) is 2.88. The summed E-state index contributed by atoms with van der Waals surface area (Å²) in [6.07, 6.45) is 3.50. The van der Waals surface area contributed by atoms with Gasteiger partial charge in [0.25, 0.3) is 5.91 Å². The highest BCUT2D eigenvalue weighted by Crippen LogP contribution is 2.10. The van der Waals surface area contributed by atoms with E-state index >= 15 is 0 Å². The smallest absolute Gasteiger partial charge is 0.270 e. The van der Waals surface area contributed by atoms with Crippen LogP contribution in [0, 0.1) is 6.92 Å². The van der Waals surface area contributed by atoms with E-state index in [1.54, 1.807) is 12.1 Å². The monoisotopic (exact) mass is 223 g/mol. The molecule has 1 amide bonds. The average molecular weight is 223 g/mol. The molecule has 0 atom stereocenters. The molecule has 0 aromatic carbocycles. The highest BCUT2D eigenvalue weighted by Gasteiger charge is 2.08. The quantitative estimate of drug-likeness (QED) is 0.476. The molecular weight excluding hydrogens is 210 g/mol. The first-order valence-corrected chi connectivity index (χ1v) is 5.68. The summed E-state index contributed by atoms with van der Waals surface area (Å²) < 4.78 is 0. The highest BCUT2D eigenvalue weighted by atomic mass is 32.2. The second kappa shape index (κ2) is 5.50. The Hall–Kier alpha value is -1.36. The minimum Gasteiger partial charge on any atom is -0.347 e. The number of thioether (sulfide) groups is 1. The molecule has 5 heteroatoms. The summed E-state index contributed by atoms with van der Waals surface area (Å²) in [5.74, 6) is -0.198. The first kappa shape index (κ1) is 11.7. The molecule has 0 bridgehead atoms. The topological polar surface area (TPSA) is 54.9 Å². The molecule has 0 spiro atoms. The van der Waals surface area contributed by atoms with Crippen molar-refractivity contribution < 1.29 is 4.79 Å². The standard InChI is InChI=1S/C10H13N3OS/c1-4-5-11-9(14)8-6-7(2)12-10(13-8)15-3/h4,6H,1,5H2,2-3H3,(H,11,14). The minimum atomic E-state index is -0.198. The molecule has 0 unspecified atom stereocenters. The van der Waals surface area contributed by atoms with Gasteiger partial charge >= 0.3 is 0 Å². The zero-order valence-electron chi connectivity index (χ0n) is 8.78. The van der Waals surface area contributed by atoms with Crippen LogP contribution in [0.25, 0.3) is 0 Å². The number of nitrogens with one attached hydrogen (secondary N) is 1. The molecular formula is C10H13N3OS. The first-order chi connectivity index (χ1) is 7.17. The van der Waals surface area contributed by atoms with Gasteiger partial charge in [0.15, 0.2) is 5.16 Å². The van der Waals surface area contributed by atoms with Crippen LogP contribution < -0.4 is 5.32 Å². The molecule has 0 aliphatic carbocycles. The fraction of sp³-hybridized carbons (Fsp3) is 0.300. The Morgan fingerprint density at radius 1 is 1.67 bits per heavy atom. The molecule has 0 aliphatic rings. The fourth-order valence-electron chi connectivity index (χ4n) is 1.00. The van der Waals surface area contributed by atoms with Gasteiger partial charge in [0, 0.05) is 12.2 Å². The first-order valence-electron chi connectivity index (χ1n) is 4.46. The third-order valence-electron chi connectivity index (χ3n) is 1.66. The summed E-state index contributed by atoms with van der Waals surface area (Å²) in [4.78, 5) is 19.8. The van der Waals surface area contributed by atoms with Crippen molar-refractivity contribution in [2.45, 2.75) is 12.1 Å². The van der Waals surface area contributed by atoms with Gasteiger partial charge in [0.05, 0.1) is 0 Å². The van der Waals surface area contributed by atoms with Crippen molar-refractivity contribution in [1.82, 2.24) is 15.3 Å². The molecule has 80 valence electrons. The third kappa shape index (κ3) is 3.36. The SMILES string of the molecule is C=CCNC(=O)c1cc(C)nc(SC)n1. The van der Waals surface area contributed by atoms with Gasteiger partial charge in [0.1, 0.15) is 5.69 Å². The maximum absolute atomic E-state index is 11.6. The van der Waals surface area contributed by atoms with Gasteiger partial charge in [-0.2, -0.15) is 0 Å². The van der Waals surface area contributed by atoms with Crippen LogP contribution in [0.2, 0.25) is 0 Å². The van der Waals surface area contributed by atoms with Crippen LogP contribution in [0.3, 0.4) is 0 Å². The summed E-state index contributed by atoms with van der Waals surface area (Å²) in [5.41, 5.74) is 1.19. The maximum Gasteiger partial charge on any atom is 0.270 e. The fourth-order valence-corrected chi connectivity index (χ4v) is 1.43. The van der Waals surface area contributed by atoms with Crippen LogP contribution in [0.1, 0.15) is 16.2 Å². The number of aryl methyl sites for hydroxylation is 1. The Labute approximate surface area is 93.2 Å². The van der Waals surface area contributed by atoms with Crippen molar-refractivity contribution in [3.8, 4) is 0 Å². The predicted octanol–water partition coefficient (Wildman–Crippen LogP) is 1.42. The number of rotatable bonds is 4. The number of carbonyl (C=O) groups is 1. The molecule has 0 fully saturated rings. The molecule has 1 aromatic heterocycles. The minimum absolute atomic E-state index is 0.198. The van der Waals surface area contributed by atoms with Gasteiger partial charge in [-0.05, 0) is 19.2 Å². The van der Waals surface area contributed by atoms with Crippen LogP contribution in [0.5, 0.6) is 0 Å². The van der Waals surface area contributed by atoms with Gasteiger partial charge in [-0.25, -0.2) is 9.97 Å². The Balaban J connectivity index is 2.88. The summed E-state index contributed by atoms with van der Waals surface area (Å²) in [6, 6.07) is 1.66. The molecule has 0 radical (unpaired) electrons. The lowest BCUT2D eigenvalue weighted by atomic mass is 10.3. The average Bonchev–Trinajstić information content (AvgIpc) is 2.24. The molecule has 0 aliphatic heterocycles. The molecule has 1 heterocycles. The zero-order valence-corrected chi connectivity index (χ0v) is 9.60. The van der Waals surface area contributed by atoms with Crippen molar-refractivity contribution in [1.29, 1.82) is 0 Å². The van der Waals surface area contributed by atoms with Gasteiger partial charge in [0.2, 0.25) is 0 Å². The van der Waals surface area contributed by atoms with Gasteiger partial charge in [-0.15, -0.1) is 6.58 Å². The molecule has 0 saturated heterocycles. The van der Waals surface area contributed by atoms with Crippen LogP contribution in [-0.4, -0.2) is 28.7 Å². The highest BCUT2D eigenvalue weighted by molar-refractivity contribution is 7.98. The van der Waals surface area contributed by atoms with E-state index in [1.165, 1.54) is 11.8 Å². The van der Waals surface area contributed by atoms with E-state index in [0.717, 1.165) is 5.69 Å². The Kier molecular flexibility index (Phi) is 4.30. The van der Waals surface area contributed by atoms with Gasteiger partial charge in [-0.3, -0.25) is 4.79 Å². The van der Waals surface area contributed by atoms with E-state index in [1.807, 2.05) is 13.2 Å². The number of carbonyl (C=O) groups excluding carboxylic acids is 1. The lowest BCUT2D eigenvalue weighted by Crippen LogP contribution is -2.24. The molecule has 4 nitrogen and oxygen atoms in total. The number of hydrogen-bond acceptors (Lipinski definition) is 4. The largest absolute Gasteiger partial charge is 0.347 e. The molecule has 15 heavy (non-hydrogen) atoms. The summed E-state index contributed by atoms with van der Waals surface area (Å²) in [5, 5.41) is 3.28. The van der Waals surface area contributed by atoms with E-state index in [2.05, 4.69) is 21.9 Å². The number of aromatic nitrogens is 2. The number of nitrogens with zero attached hydrogens (tertiary/aromatic N) is 2. The molecule has 1 rings (SSSR count). The Bertz CT molecular complexity index is 379. The van der Waals surface area contributed by atoms with E-state index in [0.29, 0.717) is 17.4 Å². The molecule has 1 N–H and O–H groups in total. The molecule has 1 aromatic rings. The molecule has 0 saturated carbocycles. The summed E-state index contributed by atoms with van der Waals surface area (Å²) in [6.45, 7) is 5.81. The maximum atomic E-state index is 11.6. The van der Waals surface area contributed by atoms with E-state index in [9.17, 15) is 4.79 Å². The van der Waals surface area contributed by atoms with E-state index < -0.39 is 0 Å². The van der Waals surface area contributed by atoms with Crippen molar-refractivity contribution in [3.63, 3.8) is 0 Å². The lowest BCUT2D eigenvalue weighted by Gasteiger charge is -2.04. The Morgan fingerprint density at radius 2 is 2.40 bits per heavy atom. The normalized spacial score (nSPS) is 9.73. The second-order valence-corrected chi connectivity index (χ2v) is 3.65. The van der Waals surface area contributed by atoms with Crippen molar-refractivity contribution in [3.05, 3.63) is 30.1 Å². The number of amides is 1. The van der Waals surface area contributed by atoms with E-state index in [-0.39, 0.29) is 5.91 Å². The van der Waals surface area contributed by atoms with Crippen LogP contribution >= 0.6 is 11.8 Å². The zero-order chi connectivity index (χ0) is 11.3. The summed E-state index contributed by atoms with van der Waals surface area (Å²) in [7, 11) is 0. The lowest BCUT2D eigenvalue weighted by molar-refractivity contribution is 0.0952. The third-order valence-corrected chi connectivity index (χ3v) is 2.20. The predicted molar refractivity (Wildman–Crippen MR) is 61.1 cm³/mol. The Morgan fingerprint density at radius 3 is 3.00 bits per heavy atom. The van der Waals surface area contributed by atoms with Crippen LogP contribution in [0.4, 0.5) is 0 Å². The van der Waals surface area contributed by atoms with Crippen molar-refractivity contribution in [2.24, 2.45) is 0 Å². The van der Waals surface area contributed by atoms with Crippen molar-refractivity contribution >= 4 is 17.7 Å². The van der Waals surface area contributed by atoms with E-state index in [4.69, 9.17) is 0 Å². The van der Waals surface area contributed by atoms with Gasteiger partial charge in [-0.1, -0.05) is 17.8 Å². The number of hydrogen-bond donors (Lipinski definition) is 1. The summed E-state index contributed by atoms with van der Waals surface area (Å²) >= 11 is 1.42.